The molecule has 1 aliphatic heterocycles. The van der Waals surface area contributed by atoms with E-state index in [0.29, 0.717) is 13.0 Å². The van der Waals surface area contributed by atoms with Crippen molar-refractivity contribution in [3.05, 3.63) is 83.9 Å². The molecule has 0 saturated carbocycles. The average Bonchev–Trinajstić information content (AvgIpc) is 2.95. The van der Waals surface area contributed by atoms with Crippen LogP contribution in [0.1, 0.15) is 57.6 Å². The van der Waals surface area contributed by atoms with Crippen molar-refractivity contribution in [3.63, 3.8) is 0 Å². The Hall–Kier alpha value is -3.98. The molecule has 2 aromatic rings. The lowest BCUT2D eigenvalue weighted by Gasteiger charge is -2.27. The summed E-state index contributed by atoms with van der Waals surface area (Å²) in [5, 5.41) is 12.6. The van der Waals surface area contributed by atoms with Gasteiger partial charge in [-0.25, -0.2) is 0 Å². The van der Waals surface area contributed by atoms with E-state index >= 15 is 0 Å². The van der Waals surface area contributed by atoms with Crippen molar-refractivity contribution in [2.75, 3.05) is 19.8 Å². The Balaban J connectivity index is 1.81. The number of esters is 2. The Morgan fingerprint density at radius 1 is 0.930 bits per heavy atom. The molecule has 0 aromatic heterocycles. The summed E-state index contributed by atoms with van der Waals surface area (Å²) in [6.45, 7) is 5.50. The molecule has 232 valence electrons. The zero-order valence-corrected chi connectivity index (χ0v) is 25.4. The number of cyclic esters (lactones) is 1. The fourth-order valence-corrected chi connectivity index (χ4v) is 4.88. The first kappa shape index (κ1) is 33.5. The van der Waals surface area contributed by atoms with Gasteiger partial charge in [-0.1, -0.05) is 72.8 Å². The Labute approximate surface area is 254 Å². The van der Waals surface area contributed by atoms with Gasteiger partial charge in [-0.05, 0) is 51.2 Å². The van der Waals surface area contributed by atoms with E-state index in [1.807, 2.05) is 60.7 Å². The van der Waals surface area contributed by atoms with Crippen molar-refractivity contribution in [1.29, 1.82) is 0 Å². The van der Waals surface area contributed by atoms with Crippen LogP contribution in [0, 0.1) is 11.8 Å². The molecule has 2 aromatic carbocycles. The third-order valence-electron chi connectivity index (χ3n) is 7.00. The largest absolute Gasteiger partial charge is 0.463 e. The van der Waals surface area contributed by atoms with Crippen LogP contribution in [0.4, 0.5) is 0 Å². The van der Waals surface area contributed by atoms with E-state index in [4.69, 9.17) is 9.47 Å². The first-order chi connectivity index (χ1) is 20.5. The summed E-state index contributed by atoms with van der Waals surface area (Å²) in [5.74, 6) is -3.01. The van der Waals surface area contributed by atoms with Crippen LogP contribution in [0.15, 0.2) is 72.8 Å². The highest BCUT2D eigenvalue weighted by Gasteiger charge is 2.30. The predicted molar refractivity (Wildman–Crippen MR) is 162 cm³/mol. The SMILES string of the molecule is CC(C)(C)OC(=O)C[C@@H]1C/C=C\C[C@H](CC(=O)N(CCO)Cc2ccccc2)C(=O)N[C@H](Cc2ccccc2)COC1=O. The number of amides is 2. The minimum atomic E-state index is -0.746. The van der Waals surface area contributed by atoms with E-state index in [0.717, 1.165) is 11.1 Å². The molecular weight excluding hydrogens is 548 g/mol. The molecule has 1 heterocycles. The minimum absolute atomic E-state index is 0.0534. The fourth-order valence-electron chi connectivity index (χ4n) is 4.88. The number of aliphatic hydroxyl groups is 1. The number of allylic oxidation sites excluding steroid dienone is 2. The van der Waals surface area contributed by atoms with Crippen LogP contribution < -0.4 is 5.32 Å². The highest BCUT2D eigenvalue weighted by atomic mass is 16.6. The highest BCUT2D eigenvalue weighted by Crippen LogP contribution is 2.20. The molecule has 0 spiro atoms. The van der Waals surface area contributed by atoms with Gasteiger partial charge in [0.2, 0.25) is 11.8 Å². The molecule has 0 bridgehead atoms. The monoisotopic (exact) mass is 592 g/mol. The summed E-state index contributed by atoms with van der Waals surface area (Å²) < 4.78 is 11.1. The Morgan fingerprint density at radius 2 is 1.53 bits per heavy atom. The molecule has 0 fully saturated rings. The van der Waals surface area contributed by atoms with Gasteiger partial charge in [-0.15, -0.1) is 0 Å². The Bertz CT molecular complexity index is 1220. The second kappa shape index (κ2) is 16.6. The van der Waals surface area contributed by atoms with Crippen LogP contribution in [-0.2, 0) is 41.6 Å². The summed E-state index contributed by atoms with van der Waals surface area (Å²) in [4.78, 5) is 54.1. The van der Waals surface area contributed by atoms with E-state index in [-0.39, 0.29) is 57.3 Å². The van der Waals surface area contributed by atoms with Crippen LogP contribution in [-0.4, -0.2) is 65.2 Å². The molecule has 0 unspecified atom stereocenters. The fraction of sp³-hybridized carbons (Fsp3) is 0.471. The molecule has 0 saturated heterocycles. The number of aliphatic hydroxyl groups excluding tert-OH is 1. The molecule has 0 aliphatic carbocycles. The lowest BCUT2D eigenvalue weighted by molar-refractivity contribution is -0.161. The number of nitrogens with one attached hydrogen (secondary N) is 1. The molecule has 2 amide bonds. The maximum absolute atomic E-state index is 13.6. The molecule has 9 heteroatoms. The number of benzene rings is 2. The molecule has 3 atom stereocenters. The van der Waals surface area contributed by atoms with Gasteiger partial charge in [0.25, 0.3) is 0 Å². The van der Waals surface area contributed by atoms with Gasteiger partial charge in [-0.3, -0.25) is 19.2 Å². The van der Waals surface area contributed by atoms with Gasteiger partial charge in [0, 0.05) is 19.5 Å². The zero-order valence-electron chi connectivity index (χ0n) is 25.4. The number of hydrogen-bond donors (Lipinski definition) is 2. The van der Waals surface area contributed by atoms with Crippen molar-refractivity contribution in [2.45, 2.75) is 71.1 Å². The topological polar surface area (TPSA) is 122 Å². The summed E-state index contributed by atoms with van der Waals surface area (Å²) in [5.41, 5.74) is 1.19. The predicted octanol–water partition coefficient (Wildman–Crippen LogP) is 3.98. The van der Waals surface area contributed by atoms with Crippen molar-refractivity contribution in [2.24, 2.45) is 11.8 Å². The van der Waals surface area contributed by atoms with Gasteiger partial charge in [0.15, 0.2) is 0 Å². The summed E-state index contributed by atoms with van der Waals surface area (Å²) >= 11 is 0. The number of hydrogen-bond acceptors (Lipinski definition) is 7. The molecule has 1 aliphatic rings. The van der Waals surface area contributed by atoms with E-state index in [1.165, 1.54) is 0 Å². The van der Waals surface area contributed by atoms with Crippen molar-refractivity contribution in [1.82, 2.24) is 10.2 Å². The van der Waals surface area contributed by atoms with E-state index < -0.39 is 35.4 Å². The van der Waals surface area contributed by atoms with Crippen LogP contribution >= 0.6 is 0 Å². The van der Waals surface area contributed by atoms with Crippen LogP contribution in [0.2, 0.25) is 0 Å². The van der Waals surface area contributed by atoms with Gasteiger partial charge >= 0.3 is 11.9 Å². The second-order valence-corrected chi connectivity index (χ2v) is 11.9. The average molecular weight is 593 g/mol. The normalized spacial score (nSPS) is 20.5. The number of carbonyl (C=O) groups is 4. The van der Waals surface area contributed by atoms with Crippen molar-refractivity contribution in [3.8, 4) is 0 Å². The van der Waals surface area contributed by atoms with Crippen molar-refractivity contribution >= 4 is 23.8 Å². The van der Waals surface area contributed by atoms with Gasteiger partial charge in [-0.2, -0.15) is 0 Å². The smallest absolute Gasteiger partial charge is 0.309 e. The van der Waals surface area contributed by atoms with Crippen LogP contribution in [0.25, 0.3) is 0 Å². The molecule has 43 heavy (non-hydrogen) atoms. The number of nitrogens with zero attached hydrogens (tertiary/aromatic N) is 1. The maximum Gasteiger partial charge on any atom is 0.309 e. The maximum atomic E-state index is 13.6. The molecule has 2 N–H and O–H groups in total. The van der Waals surface area contributed by atoms with Crippen LogP contribution in [0.3, 0.4) is 0 Å². The lowest BCUT2D eigenvalue weighted by atomic mass is 9.95. The first-order valence-electron chi connectivity index (χ1n) is 14.8. The Morgan fingerprint density at radius 3 is 2.14 bits per heavy atom. The zero-order chi connectivity index (χ0) is 31.2. The third-order valence-corrected chi connectivity index (χ3v) is 7.00. The quantitative estimate of drug-likeness (QED) is 0.316. The molecule has 9 nitrogen and oxygen atoms in total. The summed E-state index contributed by atoms with van der Waals surface area (Å²) in [6.07, 6.45) is 4.25. The van der Waals surface area contributed by atoms with E-state index in [2.05, 4.69) is 5.32 Å². The highest BCUT2D eigenvalue weighted by molar-refractivity contribution is 5.86. The molecule has 0 radical (unpaired) electrons. The number of rotatable bonds is 10. The van der Waals surface area contributed by atoms with Gasteiger partial charge < -0.3 is 24.8 Å². The van der Waals surface area contributed by atoms with Crippen LogP contribution in [0.5, 0.6) is 0 Å². The Kier molecular flexibility index (Phi) is 12.9. The second-order valence-electron chi connectivity index (χ2n) is 11.9. The number of carbonyl (C=O) groups excluding carboxylic acids is 4. The number of ether oxygens (including phenoxy) is 2. The summed E-state index contributed by atoms with van der Waals surface area (Å²) in [6, 6.07) is 18.5. The van der Waals surface area contributed by atoms with E-state index in [1.54, 1.807) is 37.8 Å². The third kappa shape index (κ3) is 12.0. The lowest BCUT2D eigenvalue weighted by Crippen LogP contribution is -2.45. The van der Waals surface area contributed by atoms with Gasteiger partial charge in [0.1, 0.15) is 12.2 Å². The van der Waals surface area contributed by atoms with E-state index in [9.17, 15) is 24.3 Å². The molecular formula is C34H44N2O7. The minimum Gasteiger partial charge on any atom is -0.463 e. The first-order valence-corrected chi connectivity index (χ1v) is 14.8. The standard InChI is InChI=1S/C34H44N2O7/c1-34(2,3)43-31(39)22-28-17-11-10-16-27(21-30(38)36(18-19-37)23-26-14-8-5-9-15-26)32(40)35-29(24-42-33(28)41)20-25-12-6-4-7-13-25/h4-15,27-29,37H,16-24H2,1-3H3,(H,35,40)/b11-10-/t27-,28+,29-/m1/s1. The van der Waals surface area contributed by atoms with Gasteiger partial charge in [0.05, 0.1) is 30.9 Å². The van der Waals surface area contributed by atoms with Crippen molar-refractivity contribution < 1.29 is 33.8 Å². The molecule has 3 rings (SSSR count). The summed E-state index contributed by atoms with van der Waals surface area (Å²) in [7, 11) is 0.